The van der Waals surface area contributed by atoms with Crippen LogP contribution in [0, 0.1) is 0 Å². The third-order valence-corrected chi connectivity index (χ3v) is 2.61. The van der Waals surface area contributed by atoms with Gasteiger partial charge >= 0.3 is 0 Å². The number of ether oxygens (including phenoxy) is 2. The lowest BCUT2D eigenvalue weighted by atomic mass is 10.1. The zero-order valence-electron chi connectivity index (χ0n) is 10.1. The number of hydrogen-bond acceptors (Lipinski definition) is 2. The Balaban J connectivity index is 2.30. The molecule has 0 aliphatic carbocycles. The van der Waals surface area contributed by atoms with Gasteiger partial charge in [-0.2, -0.15) is 0 Å². The molecule has 0 N–H and O–H groups in total. The molecule has 0 unspecified atom stereocenters. The van der Waals surface area contributed by atoms with Gasteiger partial charge in [0, 0.05) is 0 Å². The predicted octanol–water partition coefficient (Wildman–Crippen LogP) is 4.05. The van der Waals surface area contributed by atoms with Crippen molar-refractivity contribution < 1.29 is 9.47 Å². The SMILES string of the molecule is CCc1ccc(OC)c(Oc2ccccc2)c1. The molecule has 0 saturated heterocycles. The average molecular weight is 228 g/mol. The maximum Gasteiger partial charge on any atom is 0.169 e. The number of aryl methyl sites for hydroxylation is 1. The van der Waals surface area contributed by atoms with Gasteiger partial charge in [0.25, 0.3) is 0 Å². The smallest absolute Gasteiger partial charge is 0.169 e. The average Bonchev–Trinajstić information content (AvgIpc) is 2.40. The van der Waals surface area contributed by atoms with Gasteiger partial charge < -0.3 is 9.47 Å². The zero-order valence-corrected chi connectivity index (χ0v) is 10.1. The molecule has 0 amide bonds. The summed E-state index contributed by atoms with van der Waals surface area (Å²) in [6.45, 7) is 2.12. The van der Waals surface area contributed by atoms with Crippen LogP contribution in [0.4, 0.5) is 0 Å². The lowest BCUT2D eigenvalue weighted by molar-refractivity contribution is 0.378. The van der Waals surface area contributed by atoms with Crippen LogP contribution in [0.25, 0.3) is 0 Å². The minimum atomic E-state index is 0.756. The Bertz CT molecular complexity index is 478. The van der Waals surface area contributed by atoms with Gasteiger partial charge in [0.2, 0.25) is 0 Å². The van der Waals surface area contributed by atoms with E-state index in [2.05, 4.69) is 13.0 Å². The molecular formula is C15H16O2. The molecule has 2 heteroatoms. The molecule has 0 bridgehead atoms. The summed E-state index contributed by atoms with van der Waals surface area (Å²) in [5.74, 6) is 2.34. The molecule has 0 aromatic heterocycles. The van der Waals surface area contributed by atoms with Crippen LogP contribution in [0.1, 0.15) is 12.5 Å². The molecule has 0 heterocycles. The number of methoxy groups -OCH3 is 1. The van der Waals surface area contributed by atoms with Crippen LogP contribution in [0.2, 0.25) is 0 Å². The van der Waals surface area contributed by atoms with Gasteiger partial charge in [-0.3, -0.25) is 0 Å². The first-order chi connectivity index (χ1) is 8.33. The summed E-state index contributed by atoms with van der Waals surface area (Å²) in [6.07, 6.45) is 0.981. The normalized spacial score (nSPS) is 10.0. The Labute approximate surface area is 102 Å². The number of benzene rings is 2. The minimum Gasteiger partial charge on any atom is -0.493 e. The molecule has 2 rings (SSSR count). The van der Waals surface area contributed by atoms with Gasteiger partial charge in [0.1, 0.15) is 5.75 Å². The molecule has 2 nitrogen and oxygen atoms in total. The molecule has 0 spiro atoms. The Hall–Kier alpha value is -1.96. The van der Waals surface area contributed by atoms with Gasteiger partial charge in [0.05, 0.1) is 7.11 Å². The second kappa shape index (κ2) is 5.39. The van der Waals surface area contributed by atoms with Crippen molar-refractivity contribution in [3.8, 4) is 17.2 Å². The van der Waals surface area contributed by atoms with Crippen molar-refractivity contribution in [2.75, 3.05) is 7.11 Å². The van der Waals surface area contributed by atoms with Gasteiger partial charge in [-0.15, -0.1) is 0 Å². The fourth-order valence-electron chi connectivity index (χ4n) is 1.64. The standard InChI is InChI=1S/C15H16O2/c1-3-12-9-10-14(16-2)15(11-12)17-13-7-5-4-6-8-13/h4-11H,3H2,1-2H3. The first-order valence-corrected chi connectivity index (χ1v) is 5.73. The lowest BCUT2D eigenvalue weighted by Crippen LogP contribution is -1.91. The summed E-state index contributed by atoms with van der Waals surface area (Å²) >= 11 is 0. The Kier molecular flexibility index (Phi) is 3.66. The molecule has 17 heavy (non-hydrogen) atoms. The Morgan fingerprint density at radius 1 is 0.941 bits per heavy atom. The van der Waals surface area contributed by atoms with E-state index in [9.17, 15) is 0 Å². The number of hydrogen-bond donors (Lipinski definition) is 0. The van der Waals surface area contributed by atoms with E-state index >= 15 is 0 Å². The van der Waals surface area contributed by atoms with Gasteiger partial charge in [0.15, 0.2) is 11.5 Å². The molecule has 0 saturated carbocycles. The highest BCUT2D eigenvalue weighted by molar-refractivity contribution is 5.45. The van der Waals surface area contributed by atoms with Gasteiger partial charge in [-0.25, -0.2) is 0 Å². The van der Waals surface area contributed by atoms with E-state index in [1.807, 2.05) is 42.5 Å². The Morgan fingerprint density at radius 3 is 2.35 bits per heavy atom. The van der Waals surface area contributed by atoms with E-state index in [1.54, 1.807) is 7.11 Å². The molecule has 2 aromatic rings. The number of para-hydroxylation sites is 1. The van der Waals surface area contributed by atoms with Crippen molar-refractivity contribution >= 4 is 0 Å². The lowest BCUT2D eigenvalue weighted by Gasteiger charge is -2.11. The Morgan fingerprint density at radius 2 is 1.71 bits per heavy atom. The molecule has 0 radical (unpaired) electrons. The van der Waals surface area contributed by atoms with Crippen molar-refractivity contribution in [3.05, 3.63) is 54.1 Å². The van der Waals surface area contributed by atoms with Crippen LogP contribution in [0.5, 0.6) is 17.2 Å². The van der Waals surface area contributed by atoms with Crippen LogP contribution < -0.4 is 9.47 Å². The first kappa shape index (κ1) is 11.5. The zero-order chi connectivity index (χ0) is 12.1. The summed E-state index contributed by atoms with van der Waals surface area (Å²) in [5.41, 5.74) is 1.23. The van der Waals surface area contributed by atoms with Crippen LogP contribution in [0.3, 0.4) is 0 Å². The first-order valence-electron chi connectivity index (χ1n) is 5.73. The van der Waals surface area contributed by atoms with Gasteiger partial charge in [-0.1, -0.05) is 31.2 Å². The molecular weight excluding hydrogens is 212 g/mol. The minimum absolute atomic E-state index is 0.756. The van der Waals surface area contributed by atoms with Crippen LogP contribution >= 0.6 is 0 Å². The highest BCUT2D eigenvalue weighted by atomic mass is 16.5. The van der Waals surface area contributed by atoms with Crippen molar-refractivity contribution in [2.45, 2.75) is 13.3 Å². The molecule has 0 aliphatic rings. The van der Waals surface area contributed by atoms with E-state index in [1.165, 1.54) is 5.56 Å². The third kappa shape index (κ3) is 2.78. The van der Waals surface area contributed by atoms with Crippen LogP contribution in [-0.2, 0) is 6.42 Å². The molecule has 0 atom stereocenters. The third-order valence-electron chi connectivity index (χ3n) is 2.61. The molecule has 0 fully saturated rings. The predicted molar refractivity (Wildman–Crippen MR) is 68.9 cm³/mol. The van der Waals surface area contributed by atoms with Crippen molar-refractivity contribution in [3.63, 3.8) is 0 Å². The fourth-order valence-corrected chi connectivity index (χ4v) is 1.64. The molecule has 0 aliphatic heterocycles. The van der Waals surface area contributed by atoms with E-state index in [0.29, 0.717) is 0 Å². The van der Waals surface area contributed by atoms with Crippen LogP contribution in [0.15, 0.2) is 48.5 Å². The van der Waals surface area contributed by atoms with Crippen molar-refractivity contribution in [2.24, 2.45) is 0 Å². The van der Waals surface area contributed by atoms with Gasteiger partial charge in [-0.05, 0) is 36.2 Å². The van der Waals surface area contributed by atoms with E-state index in [-0.39, 0.29) is 0 Å². The van der Waals surface area contributed by atoms with E-state index < -0.39 is 0 Å². The summed E-state index contributed by atoms with van der Waals surface area (Å²) in [6, 6.07) is 15.7. The number of rotatable bonds is 4. The van der Waals surface area contributed by atoms with Crippen LogP contribution in [-0.4, -0.2) is 7.11 Å². The fraction of sp³-hybridized carbons (Fsp3) is 0.200. The maximum absolute atomic E-state index is 5.82. The van der Waals surface area contributed by atoms with E-state index in [0.717, 1.165) is 23.7 Å². The molecule has 88 valence electrons. The largest absolute Gasteiger partial charge is 0.493 e. The second-order valence-corrected chi connectivity index (χ2v) is 3.75. The molecule has 2 aromatic carbocycles. The summed E-state index contributed by atoms with van der Waals surface area (Å²) < 4.78 is 11.1. The summed E-state index contributed by atoms with van der Waals surface area (Å²) in [5, 5.41) is 0. The highest BCUT2D eigenvalue weighted by Gasteiger charge is 2.06. The quantitative estimate of drug-likeness (QED) is 0.786. The monoisotopic (exact) mass is 228 g/mol. The second-order valence-electron chi connectivity index (χ2n) is 3.75. The summed E-state index contributed by atoms with van der Waals surface area (Å²) in [4.78, 5) is 0. The topological polar surface area (TPSA) is 18.5 Å². The van der Waals surface area contributed by atoms with Crippen molar-refractivity contribution in [1.29, 1.82) is 0 Å². The highest BCUT2D eigenvalue weighted by Crippen LogP contribution is 2.32. The maximum atomic E-state index is 5.82. The van der Waals surface area contributed by atoms with E-state index in [4.69, 9.17) is 9.47 Å². The summed E-state index contributed by atoms with van der Waals surface area (Å²) in [7, 11) is 1.65. The van der Waals surface area contributed by atoms with Crippen molar-refractivity contribution in [1.82, 2.24) is 0 Å².